The number of halogens is 1. The molecule has 6 heteroatoms. The molecule has 1 N–H and O–H groups in total. The third-order valence-corrected chi connectivity index (χ3v) is 4.32. The molecule has 5 nitrogen and oxygen atoms in total. The number of benzene rings is 2. The van der Waals surface area contributed by atoms with Crippen LogP contribution in [0.15, 0.2) is 36.4 Å². The first-order chi connectivity index (χ1) is 12.1. The van der Waals surface area contributed by atoms with Gasteiger partial charge in [-0.1, -0.05) is 0 Å². The van der Waals surface area contributed by atoms with Crippen LogP contribution < -0.4 is 9.47 Å². The van der Waals surface area contributed by atoms with Crippen LogP contribution in [0.25, 0.3) is 33.1 Å². The van der Waals surface area contributed by atoms with Crippen LogP contribution >= 0.6 is 0 Å². The molecule has 0 fully saturated rings. The van der Waals surface area contributed by atoms with Crippen molar-refractivity contribution in [2.75, 3.05) is 14.2 Å². The van der Waals surface area contributed by atoms with Gasteiger partial charge in [0.1, 0.15) is 5.82 Å². The molecule has 0 saturated carbocycles. The third kappa shape index (κ3) is 2.38. The Balaban J connectivity index is 2.15. The Morgan fingerprint density at radius 3 is 2.24 bits per heavy atom. The number of aromatic amines is 1. The number of aromatic nitrogens is 3. The van der Waals surface area contributed by atoms with E-state index in [-0.39, 0.29) is 5.82 Å². The minimum Gasteiger partial charge on any atom is -0.493 e. The lowest BCUT2D eigenvalue weighted by Gasteiger charge is -2.13. The number of rotatable bonds is 3. The molecule has 0 radical (unpaired) electrons. The van der Waals surface area contributed by atoms with Crippen molar-refractivity contribution < 1.29 is 13.9 Å². The fraction of sp³-hybridized carbons (Fsp3) is 0.158. The Morgan fingerprint density at radius 2 is 1.60 bits per heavy atom. The molecule has 4 aromatic rings. The van der Waals surface area contributed by atoms with Crippen LogP contribution in [0.4, 0.5) is 4.39 Å². The second kappa shape index (κ2) is 5.73. The van der Waals surface area contributed by atoms with E-state index in [0.29, 0.717) is 17.1 Å². The summed E-state index contributed by atoms with van der Waals surface area (Å²) in [6, 6.07) is 10.1. The smallest absolute Gasteiger partial charge is 0.161 e. The maximum atomic E-state index is 13.3. The average Bonchev–Trinajstić information content (AvgIpc) is 3.01. The highest BCUT2D eigenvalue weighted by Crippen LogP contribution is 2.39. The van der Waals surface area contributed by atoms with E-state index in [9.17, 15) is 4.39 Å². The minimum atomic E-state index is -0.286. The summed E-state index contributed by atoms with van der Waals surface area (Å²) >= 11 is 0. The van der Waals surface area contributed by atoms with E-state index in [1.54, 1.807) is 26.4 Å². The largest absolute Gasteiger partial charge is 0.493 e. The lowest BCUT2D eigenvalue weighted by atomic mass is 10.0. The normalized spacial score (nSPS) is 11.2. The summed E-state index contributed by atoms with van der Waals surface area (Å²) in [4.78, 5) is 4.72. The lowest BCUT2D eigenvalue weighted by Crippen LogP contribution is -1.94. The topological polar surface area (TPSA) is 60.0 Å². The second-order valence-corrected chi connectivity index (χ2v) is 5.75. The quantitative estimate of drug-likeness (QED) is 0.607. The number of H-pyrrole nitrogens is 1. The average molecular weight is 337 g/mol. The Bertz CT molecular complexity index is 1090. The van der Waals surface area contributed by atoms with Gasteiger partial charge in [0.2, 0.25) is 0 Å². The fourth-order valence-corrected chi connectivity index (χ4v) is 3.10. The van der Waals surface area contributed by atoms with Crippen molar-refractivity contribution in [2.45, 2.75) is 6.92 Å². The van der Waals surface area contributed by atoms with Gasteiger partial charge in [-0.2, -0.15) is 5.10 Å². The SMILES string of the molecule is COc1cc2c(-c3ccc(F)cc3)nc3[nH]nc(C)c3c2cc1OC. The van der Waals surface area contributed by atoms with E-state index in [1.807, 2.05) is 19.1 Å². The molecule has 25 heavy (non-hydrogen) atoms. The molecule has 2 aromatic carbocycles. The van der Waals surface area contributed by atoms with Gasteiger partial charge in [0, 0.05) is 21.7 Å². The van der Waals surface area contributed by atoms with Crippen molar-refractivity contribution in [2.24, 2.45) is 0 Å². The van der Waals surface area contributed by atoms with Gasteiger partial charge >= 0.3 is 0 Å². The molecule has 2 heterocycles. The van der Waals surface area contributed by atoms with E-state index in [0.717, 1.165) is 33.1 Å². The molecule has 0 aliphatic rings. The number of pyridine rings is 1. The zero-order valence-electron chi connectivity index (χ0n) is 14.1. The van der Waals surface area contributed by atoms with E-state index in [2.05, 4.69) is 10.2 Å². The molecule has 0 aliphatic heterocycles. The van der Waals surface area contributed by atoms with Crippen molar-refractivity contribution in [3.8, 4) is 22.8 Å². The van der Waals surface area contributed by atoms with Crippen molar-refractivity contribution in [1.29, 1.82) is 0 Å². The predicted molar refractivity (Wildman–Crippen MR) is 94.6 cm³/mol. The van der Waals surface area contributed by atoms with Crippen LogP contribution in [0.1, 0.15) is 5.69 Å². The van der Waals surface area contributed by atoms with Crippen LogP contribution in [0.2, 0.25) is 0 Å². The Labute approximate surface area is 143 Å². The first kappa shape index (κ1) is 15.4. The predicted octanol–water partition coefficient (Wildman–Crippen LogP) is 4.24. The minimum absolute atomic E-state index is 0.286. The van der Waals surface area contributed by atoms with Gasteiger partial charge in [-0.15, -0.1) is 0 Å². The van der Waals surface area contributed by atoms with E-state index >= 15 is 0 Å². The summed E-state index contributed by atoms with van der Waals surface area (Å²) in [6.45, 7) is 1.92. The van der Waals surface area contributed by atoms with Gasteiger partial charge < -0.3 is 9.47 Å². The zero-order valence-corrected chi connectivity index (χ0v) is 14.1. The Morgan fingerprint density at radius 1 is 0.960 bits per heavy atom. The molecule has 4 rings (SSSR count). The molecule has 2 aromatic heterocycles. The molecular weight excluding hydrogens is 321 g/mol. The summed E-state index contributed by atoms with van der Waals surface area (Å²) in [7, 11) is 3.20. The number of nitrogens with zero attached hydrogens (tertiary/aromatic N) is 2. The summed E-state index contributed by atoms with van der Waals surface area (Å²) in [6.07, 6.45) is 0. The van der Waals surface area contributed by atoms with Crippen molar-refractivity contribution >= 4 is 21.8 Å². The maximum absolute atomic E-state index is 13.3. The molecule has 0 bridgehead atoms. The van der Waals surface area contributed by atoms with Gasteiger partial charge in [0.25, 0.3) is 0 Å². The molecule has 0 spiro atoms. The van der Waals surface area contributed by atoms with Crippen LogP contribution in [0, 0.1) is 12.7 Å². The first-order valence-electron chi connectivity index (χ1n) is 7.78. The number of nitrogens with one attached hydrogen (secondary N) is 1. The second-order valence-electron chi connectivity index (χ2n) is 5.75. The molecule has 0 aliphatic carbocycles. The molecule has 0 saturated heterocycles. The van der Waals surface area contributed by atoms with Gasteiger partial charge in [-0.3, -0.25) is 5.10 Å². The number of methoxy groups -OCH3 is 2. The summed E-state index contributed by atoms with van der Waals surface area (Å²) in [5.74, 6) is 0.958. The third-order valence-electron chi connectivity index (χ3n) is 4.32. The number of hydrogen-bond donors (Lipinski definition) is 1. The molecule has 0 atom stereocenters. The molecule has 126 valence electrons. The van der Waals surface area contributed by atoms with Gasteiger partial charge in [0.15, 0.2) is 17.1 Å². The number of aryl methyl sites for hydroxylation is 1. The Kier molecular flexibility index (Phi) is 3.53. The van der Waals surface area contributed by atoms with Crippen molar-refractivity contribution in [3.63, 3.8) is 0 Å². The van der Waals surface area contributed by atoms with Gasteiger partial charge in [-0.05, 0) is 43.3 Å². The van der Waals surface area contributed by atoms with Crippen LogP contribution in [0.3, 0.4) is 0 Å². The number of fused-ring (bicyclic) bond motifs is 3. The highest BCUT2D eigenvalue weighted by molar-refractivity contribution is 6.12. The van der Waals surface area contributed by atoms with E-state index in [1.165, 1.54) is 12.1 Å². The number of hydrogen-bond acceptors (Lipinski definition) is 4. The van der Waals surface area contributed by atoms with E-state index < -0.39 is 0 Å². The molecule has 0 unspecified atom stereocenters. The first-order valence-corrected chi connectivity index (χ1v) is 7.78. The highest BCUT2D eigenvalue weighted by atomic mass is 19.1. The molecular formula is C19H16FN3O2. The van der Waals surface area contributed by atoms with Gasteiger partial charge in [0.05, 0.1) is 25.6 Å². The van der Waals surface area contributed by atoms with Crippen molar-refractivity contribution in [1.82, 2.24) is 15.2 Å². The highest BCUT2D eigenvalue weighted by Gasteiger charge is 2.17. The Hall–Kier alpha value is -3.15. The van der Waals surface area contributed by atoms with Gasteiger partial charge in [-0.25, -0.2) is 9.37 Å². The summed E-state index contributed by atoms with van der Waals surface area (Å²) < 4.78 is 24.2. The maximum Gasteiger partial charge on any atom is 0.161 e. The van der Waals surface area contributed by atoms with Crippen molar-refractivity contribution in [3.05, 3.63) is 47.9 Å². The molecule has 0 amide bonds. The van der Waals surface area contributed by atoms with E-state index in [4.69, 9.17) is 14.5 Å². The van der Waals surface area contributed by atoms with Crippen LogP contribution in [-0.2, 0) is 0 Å². The number of ether oxygens (including phenoxy) is 2. The lowest BCUT2D eigenvalue weighted by molar-refractivity contribution is 0.356. The monoisotopic (exact) mass is 337 g/mol. The zero-order chi connectivity index (χ0) is 17.6. The van der Waals surface area contributed by atoms with Crippen LogP contribution in [-0.4, -0.2) is 29.4 Å². The van der Waals surface area contributed by atoms with Crippen LogP contribution in [0.5, 0.6) is 11.5 Å². The standard InChI is InChI=1S/C19H16FN3O2/c1-10-17-13-8-15(24-2)16(25-3)9-14(13)18(21-19(17)23-22-10)11-4-6-12(20)7-5-11/h4-9H,1-3H3,(H,21,22,23). The fourth-order valence-electron chi connectivity index (χ4n) is 3.10. The summed E-state index contributed by atoms with van der Waals surface area (Å²) in [5.41, 5.74) is 3.07. The summed E-state index contributed by atoms with van der Waals surface area (Å²) in [5, 5.41) is 10.0.